The molecule has 0 saturated heterocycles. The van der Waals surface area contributed by atoms with E-state index in [9.17, 15) is 9.90 Å². The van der Waals surface area contributed by atoms with Gasteiger partial charge in [-0.3, -0.25) is 0 Å². The molecule has 2 amide bonds. The molecule has 0 aliphatic heterocycles. The molecule has 122 valence electrons. The van der Waals surface area contributed by atoms with Crippen LogP contribution in [0, 0.1) is 0 Å². The zero-order chi connectivity index (χ0) is 16.7. The van der Waals surface area contributed by atoms with Crippen LogP contribution in [0.3, 0.4) is 0 Å². The summed E-state index contributed by atoms with van der Waals surface area (Å²) in [5, 5.41) is 15.6. The molecule has 2 aromatic rings. The van der Waals surface area contributed by atoms with Gasteiger partial charge in [0.15, 0.2) is 0 Å². The normalized spacial score (nSPS) is 11.6. The van der Waals surface area contributed by atoms with Gasteiger partial charge in [-0.1, -0.05) is 41.9 Å². The lowest BCUT2D eigenvalue weighted by atomic mass is 10.1. The van der Waals surface area contributed by atoms with Crippen molar-refractivity contribution in [3.63, 3.8) is 0 Å². The van der Waals surface area contributed by atoms with Crippen LogP contribution in [0.25, 0.3) is 0 Å². The number of rotatable bonds is 6. The van der Waals surface area contributed by atoms with Gasteiger partial charge in [0.05, 0.1) is 18.2 Å². The molecule has 0 aliphatic rings. The molecule has 0 heterocycles. The molecule has 0 bridgehead atoms. The highest BCUT2D eigenvalue weighted by Crippen LogP contribution is 2.27. The summed E-state index contributed by atoms with van der Waals surface area (Å²) in [6.45, 7) is 0.157. The topological polar surface area (TPSA) is 70.6 Å². The van der Waals surface area contributed by atoms with Gasteiger partial charge < -0.3 is 20.5 Å². The molecular weight excluding hydrogens is 316 g/mol. The molecule has 0 aliphatic carbocycles. The molecule has 23 heavy (non-hydrogen) atoms. The van der Waals surface area contributed by atoms with Crippen molar-refractivity contribution in [1.82, 2.24) is 5.32 Å². The lowest BCUT2D eigenvalue weighted by Crippen LogP contribution is -2.36. The molecule has 0 fully saturated rings. The standard InChI is InChI=1S/C17H19ClN2O3/c1-23-16-8-7-13(10-15(16)18)20-17(22)19-11-14(21)9-12-5-3-2-4-6-12/h2-8,10,14,21H,9,11H2,1H3,(H2,19,20,22). The van der Waals surface area contributed by atoms with E-state index >= 15 is 0 Å². The zero-order valence-corrected chi connectivity index (χ0v) is 13.5. The summed E-state index contributed by atoms with van der Waals surface area (Å²) in [5.41, 5.74) is 1.56. The van der Waals surface area contributed by atoms with Crippen LogP contribution in [0.15, 0.2) is 48.5 Å². The van der Waals surface area contributed by atoms with Crippen LogP contribution >= 0.6 is 11.6 Å². The number of methoxy groups -OCH3 is 1. The van der Waals surface area contributed by atoms with Gasteiger partial charge in [0.1, 0.15) is 5.75 Å². The van der Waals surface area contributed by atoms with Crippen LogP contribution in [0.2, 0.25) is 5.02 Å². The number of ether oxygens (including phenoxy) is 1. The van der Waals surface area contributed by atoms with Gasteiger partial charge in [0, 0.05) is 18.7 Å². The van der Waals surface area contributed by atoms with E-state index in [1.54, 1.807) is 18.2 Å². The maximum atomic E-state index is 11.8. The molecule has 3 N–H and O–H groups in total. The summed E-state index contributed by atoms with van der Waals surface area (Å²) in [7, 11) is 1.52. The number of aliphatic hydroxyl groups excluding tert-OH is 1. The Labute approximate surface area is 140 Å². The number of amides is 2. The second-order valence-electron chi connectivity index (χ2n) is 5.03. The van der Waals surface area contributed by atoms with E-state index in [1.807, 2.05) is 30.3 Å². The fourth-order valence-corrected chi connectivity index (χ4v) is 2.35. The molecule has 5 nitrogen and oxygen atoms in total. The smallest absolute Gasteiger partial charge is 0.319 e. The predicted molar refractivity (Wildman–Crippen MR) is 91.2 cm³/mol. The van der Waals surface area contributed by atoms with Crippen molar-refractivity contribution in [2.75, 3.05) is 19.0 Å². The Balaban J connectivity index is 1.79. The minimum Gasteiger partial charge on any atom is -0.495 e. The van der Waals surface area contributed by atoms with E-state index in [2.05, 4.69) is 10.6 Å². The van der Waals surface area contributed by atoms with E-state index in [0.717, 1.165) is 5.56 Å². The summed E-state index contributed by atoms with van der Waals surface area (Å²) in [5.74, 6) is 0.538. The summed E-state index contributed by atoms with van der Waals surface area (Å²) < 4.78 is 5.05. The summed E-state index contributed by atoms with van der Waals surface area (Å²) in [6, 6.07) is 14.2. The molecule has 1 unspecified atom stereocenters. The molecule has 6 heteroatoms. The van der Waals surface area contributed by atoms with Crippen molar-refractivity contribution in [1.29, 1.82) is 0 Å². The van der Waals surface area contributed by atoms with Crippen LogP contribution in [0.1, 0.15) is 5.56 Å². The zero-order valence-electron chi connectivity index (χ0n) is 12.8. The van der Waals surface area contributed by atoms with E-state index in [-0.39, 0.29) is 6.54 Å². The number of nitrogens with one attached hydrogen (secondary N) is 2. The van der Waals surface area contributed by atoms with Gasteiger partial charge in [0.25, 0.3) is 0 Å². The van der Waals surface area contributed by atoms with Crippen molar-refractivity contribution in [2.24, 2.45) is 0 Å². The summed E-state index contributed by atoms with van der Waals surface area (Å²) >= 11 is 5.99. The largest absolute Gasteiger partial charge is 0.495 e. The maximum absolute atomic E-state index is 11.8. The molecule has 2 aromatic carbocycles. The van der Waals surface area contributed by atoms with Crippen LogP contribution in [0.5, 0.6) is 5.75 Å². The Bertz CT molecular complexity index is 650. The monoisotopic (exact) mass is 334 g/mol. The molecular formula is C17H19ClN2O3. The molecule has 1 atom stereocenters. The van der Waals surface area contributed by atoms with E-state index < -0.39 is 12.1 Å². The molecule has 0 aromatic heterocycles. The van der Waals surface area contributed by atoms with Crippen LogP contribution < -0.4 is 15.4 Å². The third-order valence-corrected chi connectivity index (χ3v) is 3.52. The number of halogens is 1. The number of hydrogen-bond acceptors (Lipinski definition) is 3. The summed E-state index contributed by atoms with van der Waals surface area (Å²) in [4.78, 5) is 11.8. The number of carbonyl (C=O) groups excluding carboxylic acids is 1. The van der Waals surface area contributed by atoms with Gasteiger partial charge in [-0.2, -0.15) is 0 Å². The fraction of sp³-hybridized carbons (Fsp3) is 0.235. The van der Waals surface area contributed by atoms with Crippen LogP contribution in [-0.4, -0.2) is 30.9 Å². The van der Waals surface area contributed by atoms with E-state index in [4.69, 9.17) is 16.3 Å². The molecule has 0 spiro atoms. The highest BCUT2D eigenvalue weighted by Gasteiger charge is 2.09. The first-order chi connectivity index (χ1) is 11.1. The fourth-order valence-electron chi connectivity index (χ4n) is 2.09. The van der Waals surface area contributed by atoms with Gasteiger partial charge in [-0.05, 0) is 23.8 Å². The van der Waals surface area contributed by atoms with Gasteiger partial charge in [0.2, 0.25) is 0 Å². The Kier molecular flexibility index (Phi) is 6.26. The Morgan fingerprint density at radius 3 is 2.65 bits per heavy atom. The highest BCUT2D eigenvalue weighted by molar-refractivity contribution is 6.32. The minimum absolute atomic E-state index is 0.157. The first-order valence-corrected chi connectivity index (χ1v) is 7.56. The number of benzene rings is 2. The second kappa shape index (κ2) is 8.41. The Hall–Kier alpha value is -2.24. The predicted octanol–water partition coefficient (Wildman–Crippen LogP) is 3.07. The molecule has 2 rings (SSSR count). The lowest BCUT2D eigenvalue weighted by molar-refractivity contribution is 0.172. The van der Waals surface area contributed by atoms with Gasteiger partial charge >= 0.3 is 6.03 Å². The SMILES string of the molecule is COc1ccc(NC(=O)NCC(O)Cc2ccccc2)cc1Cl. The number of anilines is 1. The van der Waals surface area contributed by atoms with Crippen molar-refractivity contribution < 1.29 is 14.6 Å². The van der Waals surface area contributed by atoms with Crippen molar-refractivity contribution >= 4 is 23.3 Å². The van der Waals surface area contributed by atoms with Crippen molar-refractivity contribution in [3.05, 3.63) is 59.1 Å². The maximum Gasteiger partial charge on any atom is 0.319 e. The highest BCUT2D eigenvalue weighted by atomic mass is 35.5. The first-order valence-electron chi connectivity index (χ1n) is 7.19. The van der Waals surface area contributed by atoms with Crippen LogP contribution in [-0.2, 0) is 6.42 Å². The quantitative estimate of drug-likeness (QED) is 0.760. The van der Waals surface area contributed by atoms with Crippen molar-refractivity contribution in [3.8, 4) is 5.75 Å². The van der Waals surface area contributed by atoms with Gasteiger partial charge in [-0.15, -0.1) is 0 Å². The van der Waals surface area contributed by atoms with Gasteiger partial charge in [-0.25, -0.2) is 4.79 Å². The first kappa shape index (κ1) is 17.1. The number of hydrogen-bond donors (Lipinski definition) is 3. The molecule has 0 saturated carbocycles. The number of urea groups is 1. The lowest BCUT2D eigenvalue weighted by Gasteiger charge is -2.13. The summed E-state index contributed by atoms with van der Waals surface area (Å²) in [6.07, 6.45) is -0.169. The van der Waals surface area contributed by atoms with E-state index in [1.165, 1.54) is 7.11 Å². The Morgan fingerprint density at radius 1 is 1.26 bits per heavy atom. The Morgan fingerprint density at radius 2 is 2.00 bits per heavy atom. The minimum atomic E-state index is -0.650. The van der Waals surface area contributed by atoms with E-state index in [0.29, 0.717) is 22.9 Å². The third-order valence-electron chi connectivity index (χ3n) is 3.22. The number of aliphatic hydroxyl groups is 1. The average molecular weight is 335 g/mol. The third kappa shape index (κ3) is 5.47. The number of carbonyl (C=O) groups is 1. The van der Waals surface area contributed by atoms with Crippen molar-refractivity contribution in [2.45, 2.75) is 12.5 Å². The molecule has 0 radical (unpaired) electrons. The average Bonchev–Trinajstić information content (AvgIpc) is 2.54. The van der Waals surface area contributed by atoms with Crippen LogP contribution in [0.4, 0.5) is 10.5 Å². The second-order valence-corrected chi connectivity index (χ2v) is 5.44.